The number of benzene rings is 2. The zero-order valence-corrected chi connectivity index (χ0v) is 14.6. The molecule has 0 atom stereocenters. The van der Waals surface area contributed by atoms with Crippen LogP contribution in [-0.2, 0) is 4.79 Å². The predicted octanol–water partition coefficient (Wildman–Crippen LogP) is 2.72. The van der Waals surface area contributed by atoms with Crippen LogP contribution in [0.25, 0.3) is 11.3 Å². The Bertz CT molecular complexity index is 884. The van der Waals surface area contributed by atoms with E-state index in [4.69, 9.17) is 4.74 Å². The summed E-state index contributed by atoms with van der Waals surface area (Å²) in [6.07, 6.45) is 1.94. The highest BCUT2D eigenvalue weighted by Crippen LogP contribution is 2.23. The molecular formula is C20H20N4O2. The van der Waals surface area contributed by atoms with Crippen molar-refractivity contribution in [1.29, 1.82) is 0 Å². The van der Waals surface area contributed by atoms with E-state index in [1.807, 2.05) is 72.4 Å². The van der Waals surface area contributed by atoms with Gasteiger partial charge in [0.15, 0.2) is 6.61 Å². The fourth-order valence-electron chi connectivity index (χ4n) is 2.89. The van der Waals surface area contributed by atoms with Crippen LogP contribution in [0.5, 0.6) is 5.75 Å². The van der Waals surface area contributed by atoms with Crippen molar-refractivity contribution in [2.45, 2.75) is 13.0 Å². The third-order valence-electron chi connectivity index (χ3n) is 4.55. The monoisotopic (exact) mass is 348 g/mol. The lowest BCUT2D eigenvalue weighted by Crippen LogP contribution is -2.52. The van der Waals surface area contributed by atoms with Crippen molar-refractivity contribution in [3.8, 4) is 17.0 Å². The van der Waals surface area contributed by atoms with E-state index in [1.165, 1.54) is 0 Å². The van der Waals surface area contributed by atoms with Crippen molar-refractivity contribution in [2.24, 2.45) is 0 Å². The topological polar surface area (TPSA) is 60.2 Å². The Labute approximate surface area is 152 Å². The highest BCUT2D eigenvalue weighted by molar-refractivity contribution is 5.78. The van der Waals surface area contributed by atoms with Crippen LogP contribution in [0.4, 0.5) is 0 Å². The average Bonchev–Trinajstić information content (AvgIpc) is 3.10. The fraction of sp³-hybridized carbons (Fsp3) is 0.250. The first-order valence-electron chi connectivity index (χ1n) is 8.63. The lowest BCUT2D eigenvalue weighted by molar-refractivity contribution is -0.139. The minimum atomic E-state index is -0.00905. The lowest BCUT2D eigenvalue weighted by atomic mass is 10.1. The number of carbonyl (C=O) groups is 1. The van der Waals surface area contributed by atoms with Gasteiger partial charge in [0, 0.05) is 18.7 Å². The zero-order valence-electron chi connectivity index (χ0n) is 14.6. The molecule has 0 spiro atoms. The molecule has 6 heteroatoms. The van der Waals surface area contributed by atoms with E-state index in [0.717, 1.165) is 16.8 Å². The van der Waals surface area contributed by atoms with Crippen LogP contribution in [0.1, 0.15) is 11.6 Å². The predicted molar refractivity (Wildman–Crippen MR) is 97.7 cm³/mol. The van der Waals surface area contributed by atoms with Crippen molar-refractivity contribution in [2.75, 3.05) is 19.7 Å². The second-order valence-electron chi connectivity index (χ2n) is 6.50. The first kappa shape index (κ1) is 16.3. The van der Waals surface area contributed by atoms with Gasteiger partial charge < -0.3 is 9.64 Å². The average molecular weight is 348 g/mol. The molecule has 6 nitrogen and oxygen atoms in total. The van der Waals surface area contributed by atoms with Gasteiger partial charge in [-0.3, -0.25) is 4.79 Å². The van der Waals surface area contributed by atoms with Crippen LogP contribution < -0.4 is 4.74 Å². The van der Waals surface area contributed by atoms with Gasteiger partial charge in [0.25, 0.3) is 5.91 Å². The van der Waals surface area contributed by atoms with Crippen LogP contribution >= 0.6 is 0 Å². The number of aromatic nitrogens is 3. The summed E-state index contributed by atoms with van der Waals surface area (Å²) in [5, 5.41) is 8.43. The van der Waals surface area contributed by atoms with Gasteiger partial charge in [-0.2, -0.15) is 0 Å². The number of hydrogen-bond donors (Lipinski definition) is 0. The molecule has 1 saturated heterocycles. The van der Waals surface area contributed by atoms with Crippen LogP contribution in [-0.4, -0.2) is 45.5 Å². The number of nitrogens with zero attached hydrogens (tertiary/aromatic N) is 4. The van der Waals surface area contributed by atoms with Crippen molar-refractivity contribution in [3.05, 3.63) is 66.4 Å². The number of amides is 1. The van der Waals surface area contributed by atoms with E-state index in [-0.39, 0.29) is 18.6 Å². The molecule has 0 bridgehead atoms. The highest BCUT2D eigenvalue weighted by atomic mass is 16.5. The molecule has 1 aliphatic rings. The first-order chi connectivity index (χ1) is 12.7. The van der Waals surface area contributed by atoms with Gasteiger partial charge in [-0.25, -0.2) is 4.68 Å². The number of rotatable bonds is 5. The molecule has 1 aliphatic heterocycles. The standard InChI is InChI=1S/C20H20N4O2/c1-15-7-9-18(10-8-15)26-14-20(25)23-11-17(12-23)24-13-19(21-22-24)16-5-3-2-4-6-16/h2-10,13,17H,11-12,14H2,1H3. The van der Waals surface area contributed by atoms with Crippen LogP contribution in [0.15, 0.2) is 60.8 Å². The molecule has 0 radical (unpaired) electrons. The van der Waals surface area contributed by atoms with Gasteiger partial charge in [-0.05, 0) is 19.1 Å². The van der Waals surface area contributed by atoms with Crippen molar-refractivity contribution in [3.63, 3.8) is 0 Å². The van der Waals surface area contributed by atoms with Gasteiger partial charge in [0.05, 0.1) is 12.2 Å². The normalized spacial score (nSPS) is 14.1. The molecule has 1 fully saturated rings. The minimum absolute atomic E-state index is 0.00905. The zero-order chi connectivity index (χ0) is 17.9. The van der Waals surface area contributed by atoms with E-state index in [2.05, 4.69) is 10.3 Å². The SMILES string of the molecule is Cc1ccc(OCC(=O)N2CC(n3cc(-c4ccccc4)nn3)C2)cc1. The molecule has 0 unspecified atom stereocenters. The number of hydrogen-bond acceptors (Lipinski definition) is 4. The Balaban J connectivity index is 1.29. The summed E-state index contributed by atoms with van der Waals surface area (Å²) in [6.45, 7) is 3.34. The molecule has 3 aromatic rings. The summed E-state index contributed by atoms with van der Waals surface area (Å²) < 4.78 is 7.40. The Kier molecular flexibility index (Phi) is 4.39. The molecule has 0 aliphatic carbocycles. The second-order valence-corrected chi connectivity index (χ2v) is 6.50. The third-order valence-corrected chi connectivity index (χ3v) is 4.55. The molecule has 26 heavy (non-hydrogen) atoms. The largest absolute Gasteiger partial charge is 0.484 e. The van der Waals surface area contributed by atoms with Crippen molar-refractivity contribution in [1.82, 2.24) is 19.9 Å². The maximum atomic E-state index is 12.2. The summed E-state index contributed by atoms with van der Waals surface area (Å²) >= 11 is 0. The van der Waals surface area contributed by atoms with Crippen molar-refractivity contribution < 1.29 is 9.53 Å². The molecule has 132 valence electrons. The smallest absolute Gasteiger partial charge is 0.260 e. The second kappa shape index (κ2) is 7.00. The first-order valence-corrected chi connectivity index (χ1v) is 8.63. The third kappa shape index (κ3) is 3.44. The number of carbonyl (C=O) groups excluding carboxylic acids is 1. The number of ether oxygens (including phenoxy) is 1. The molecule has 2 heterocycles. The van der Waals surface area contributed by atoms with Crippen LogP contribution in [0, 0.1) is 6.92 Å². The maximum absolute atomic E-state index is 12.2. The molecule has 2 aromatic carbocycles. The van der Waals surface area contributed by atoms with E-state index < -0.39 is 0 Å². The summed E-state index contributed by atoms with van der Waals surface area (Å²) in [5.41, 5.74) is 3.05. The van der Waals surface area contributed by atoms with Crippen LogP contribution in [0.3, 0.4) is 0 Å². The van der Waals surface area contributed by atoms with Crippen LogP contribution in [0.2, 0.25) is 0 Å². The van der Waals surface area contributed by atoms with Gasteiger partial charge in [-0.1, -0.05) is 53.2 Å². The number of aryl methyl sites for hydroxylation is 1. The Morgan fingerprint density at radius 2 is 1.85 bits per heavy atom. The quantitative estimate of drug-likeness (QED) is 0.711. The molecule has 0 N–H and O–H groups in total. The van der Waals surface area contributed by atoms with Crippen molar-refractivity contribution >= 4 is 5.91 Å². The van der Waals surface area contributed by atoms with E-state index >= 15 is 0 Å². The molecule has 0 saturated carbocycles. The molecule has 1 amide bonds. The summed E-state index contributed by atoms with van der Waals surface area (Å²) in [5.74, 6) is 0.704. The Hall–Kier alpha value is -3.15. The molecule has 4 rings (SSSR count). The van der Waals surface area contributed by atoms with E-state index in [9.17, 15) is 4.79 Å². The van der Waals surface area contributed by atoms with Gasteiger partial charge >= 0.3 is 0 Å². The fourth-order valence-corrected chi connectivity index (χ4v) is 2.89. The van der Waals surface area contributed by atoms with Gasteiger partial charge in [-0.15, -0.1) is 5.10 Å². The highest BCUT2D eigenvalue weighted by Gasteiger charge is 2.32. The molecular weight excluding hydrogens is 328 g/mol. The van der Waals surface area contributed by atoms with Gasteiger partial charge in [0.1, 0.15) is 11.4 Å². The summed E-state index contributed by atoms with van der Waals surface area (Å²) in [4.78, 5) is 14.0. The Morgan fingerprint density at radius 1 is 1.12 bits per heavy atom. The minimum Gasteiger partial charge on any atom is -0.484 e. The molecule has 1 aromatic heterocycles. The maximum Gasteiger partial charge on any atom is 0.260 e. The summed E-state index contributed by atoms with van der Waals surface area (Å²) in [7, 11) is 0. The van der Waals surface area contributed by atoms with E-state index in [1.54, 1.807) is 4.90 Å². The number of likely N-dealkylation sites (tertiary alicyclic amines) is 1. The van der Waals surface area contributed by atoms with Gasteiger partial charge in [0.2, 0.25) is 0 Å². The summed E-state index contributed by atoms with van der Waals surface area (Å²) in [6, 6.07) is 17.8. The van der Waals surface area contributed by atoms with E-state index in [0.29, 0.717) is 18.8 Å². The Morgan fingerprint density at radius 3 is 2.58 bits per heavy atom. The lowest BCUT2D eigenvalue weighted by Gasteiger charge is -2.38.